The van der Waals surface area contributed by atoms with Gasteiger partial charge >= 0.3 is 0 Å². The molecule has 176 valence electrons. The quantitative estimate of drug-likeness (QED) is 0.315. The number of hydrogen-bond acceptors (Lipinski definition) is 5. The highest BCUT2D eigenvalue weighted by atomic mass is 35.5. The minimum atomic E-state index is -0.743. The van der Waals surface area contributed by atoms with Gasteiger partial charge in [-0.3, -0.25) is 14.2 Å². The van der Waals surface area contributed by atoms with Crippen molar-refractivity contribution < 1.29 is 9.21 Å². The number of Topliss-reactive ketones (excluding diaryl/α,β-unsaturated/α-hetero) is 1. The largest absolute Gasteiger partial charge is 0.458 e. The van der Waals surface area contributed by atoms with Crippen LogP contribution in [0.3, 0.4) is 0 Å². The first kappa shape index (κ1) is 23.8. The molecular weight excluding hydrogens is 527 g/mol. The number of furan rings is 1. The third kappa shape index (κ3) is 4.43. The van der Waals surface area contributed by atoms with E-state index in [9.17, 15) is 9.59 Å². The van der Waals surface area contributed by atoms with Crippen molar-refractivity contribution >= 4 is 58.0 Å². The second-order valence-electron chi connectivity index (χ2n) is 8.02. The van der Waals surface area contributed by atoms with Gasteiger partial charge in [-0.25, -0.2) is 4.99 Å². The maximum absolute atomic E-state index is 13.6. The van der Waals surface area contributed by atoms with Crippen LogP contribution in [0.5, 0.6) is 0 Å². The molecule has 0 amide bonds. The fourth-order valence-corrected chi connectivity index (χ4v) is 5.53. The maximum Gasteiger partial charge on any atom is 0.271 e. The summed E-state index contributed by atoms with van der Waals surface area (Å²) in [7, 11) is 0. The number of rotatable bonds is 4. The second-order valence-corrected chi connectivity index (χ2v) is 10.3. The van der Waals surface area contributed by atoms with E-state index in [0.717, 1.165) is 11.1 Å². The highest BCUT2D eigenvalue weighted by Gasteiger charge is 2.33. The number of ketones is 1. The molecule has 1 atom stereocenters. The Morgan fingerprint density at radius 3 is 2.49 bits per heavy atom. The summed E-state index contributed by atoms with van der Waals surface area (Å²) in [6, 6.07) is 15.2. The van der Waals surface area contributed by atoms with Crippen LogP contribution in [-0.4, -0.2) is 10.4 Å². The number of carbonyl (C=O) groups excluding carboxylic acids is 1. The van der Waals surface area contributed by atoms with Gasteiger partial charge in [0.2, 0.25) is 0 Å². The number of halogens is 3. The van der Waals surface area contributed by atoms with Crippen LogP contribution >= 0.6 is 46.1 Å². The summed E-state index contributed by atoms with van der Waals surface area (Å²) in [6.07, 6.45) is 1.78. The fraction of sp³-hybridized carbons (Fsp3) is 0.115. The normalized spacial score (nSPS) is 15.8. The zero-order chi connectivity index (χ0) is 24.9. The number of hydrogen-bond donors (Lipinski definition) is 0. The zero-order valence-corrected chi connectivity index (χ0v) is 21.6. The van der Waals surface area contributed by atoms with Crippen molar-refractivity contribution in [1.82, 2.24) is 4.57 Å². The van der Waals surface area contributed by atoms with Gasteiger partial charge in [0.1, 0.15) is 17.6 Å². The van der Waals surface area contributed by atoms with Gasteiger partial charge in [0, 0.05) is 21.9 Å². The number of carbonyl (C=O) groups is 1. The van der Waals surface area contributed by atoms with Crippen LogP contribution in [0.4, 0.5) is 0 Å². The summed E-state index contributed by atoms with van der Waals surface area (Å²) in [5.41, 5.74) is 2.26. The summed E-state index contributed by atoms with van der Waals surface area (Å²) < 4.78 is 8.19. The standard InChI is InChI=1S/C26H17Cl3N2O3S/c1-13-23(14(2)32)24(21-10-9-20(34-21)16-5-8-18(28)19(29)12-16)31-25(33)22(35-26(31)30-13)11-15-3-6-17(27)7-4-15/h3-12,24H,1-2H3/b22-11+/t24-/m0/s1. The van der Waals surface area contributed by atoms with Crippen LogP contribution < -0.4 is 14.9 Å². The van der Waals surface area contributed by atoms with E-state index in [1.807, 2.05) is 12.1 Å². The van der Waals surface area contributed by atoms with Crippen LogP contribution in [0.1, 0.15) is 31.2 Å². The lowest BCUT2D eigenvalue weighted by molar-refractivity contribution is -0.114. The highest BCUT2D eigenvalue weighted by molar-refractivity contribution is 7.07. The molecule has 35 heavy (non-hydrogen) atoms. The van der Waals surface area contributed by atoms with E-state index >= 15 is 0 Å². The molecule has 5 nitrogen and oxygen atoms in total. The van der Waals surface area contributed by atoms with Gasteiger partial charge in [-0.2, -0.15) is 0 Å². The third-order valence-corrected chi connectivity index (χ3v) is 7.64. The molecule has 1 aliphatic heterocycles. The van der Waals surface area contributed by atoms with Crippen molar-refractivity contribution in [3.63, 3.8) is 0 Å². The minimum absolute atomic E-state index is 0.185. The minimum Gasteiger partial charge on any atom is -0.458 e. The molecule has 0 saturated carbocycles. The van der Waals surface area contributed by atoms with E-state index < -0.39 is 6.04 Å². The van der Waals surface area contributed by atoms with Crippen molar-refractivity contribution in [2.75, 3.05) is 0 Å². The van der Waals surface area contributed by atoms with Crippen molar-refractivity contribution in [1.29, 1.82) is 0 Å². The smallest absolute Gasteiger partial charge is 0.271 e. The highest BCUT2D eigenvalue weighted by Crippen LogP contribution is 2.35. The molecule has 0 radical (unpaired) electrons. The number of benzene rings is 2. The Kier molecular flexibility index (Phi) is 6.32. The van der Waals surface area contributed by atoms with Crippen molar-refractivity contribution in [2.45, 2.75) is 19.9 Å². The molecule has 1 aliphatic rings. The van der Waals surface area contributed by atoms with Gasteiger partial charge in [-0.05, 0) is 68.0 Å². The molecule has 9 heteroatoms. The Morgan fingerprint density at radius 1 is 1.06 bits per heavy atom. The zero-order valence-electron chi connectivity index (χ0n) is 18.5. The molecule has 4 aromatic rings. The Balaban J connectivity index is 1.68. The lowest BCUT2D eigenvalue weighted by Gasteiger charge is -2.22. The summed E-state index contributed by atoms with van der Waals surface area (Å²) >= 11 is 19.5. The van der Waals surface area contributed by atoms with Crippen molar-refractivity contribution in [3.05, 3.63) is 112 Å². The molecule has 0 spiro atoms. The first-order valence-electron chi connectivity index (χ1n) is 10.6. The Morgan fingerprint density at radius 2 is 1.80 bits per heavy atom. The van der Waals surface area contributed by atoms with Gasteiger partial charge in [-0.15, -0.1) is 0 Å². The van der Waals surface area contributed by atoms with Crippen LogP contribution in [0.15, 0.2) is 80.1 Å². The molecule has 0 unspecified atom stereocenters. The van der Waals surface area contributed by atoms with Crippen molar-refractivity contribution in [2.24, 2.45) is 4.99 Å². The lowest BCUT2D eigenvalue weighted by Crippen LogP contribution is -2.39. The van der Waals surface area contributed by atoms with Gasteiger partial charge in [0.25, 0.3) is 5.56 Å². The Hall–Kier alpha value is -2.90. The summed E-state index contributed by atoms with van der Waals surface area (Å²) in [4.78, 5) is 31.3. The molecule has 0 N–H and O–H groups in total. The monoisotopic (exact) mass is 542 g/mol. The summed E-state index contributed by atoms with van der Waals surface area (Å²) in [5, 5.41) is 1.45. The van der Waals surface area contributed by atoms with E-state index in [1.165, 1.54) is 22.8 Å². The van der Waals surface area contributed by atoms with Crippen molar-refractivity contribution in [3.8, 4) is 11.3 Å². The first-order valence-corrected chi connectivity index (χ1v) is 12.5. The van der Waals surface area contributed by atoms with E-state index in [1.54, 1.807) is 55.5 Å². The number of allylic oxidation sites excluding steroid dienone is 2. The van der Waals surface area contributed by atoms with E-state index in [4.69, 9.17) is 39.2 Å². The summed E-state index contributed by atoms with van der Waals surface area (Å²) in [6.45, 7) is 3.23. The van der Waals surface area contributed by atoms with Gasteiger partial charge in [0.05, 0.1) is 14.6 Å². The van der Waals surface area contributed by atoms with E-state index in [0.29, 0.717) is 47.2 Å². The molecule has 3 heterocycles. The van der Waals surface area contributed by atoms with Crippen LogP contribution in [0.25, 0.3) is 17.4 Å². The fourth-order valence-electron chi connectivity index (χ4n) is 4.05. The first-order chi connectivity index (χ1) is 16.7. The molecule has 0 fully saturated rings. The summed E-state index contributed by atoms with van der Waals surface area (Å²) in [5.74, 6) is 0.805. The average molecular weight is 544 g/mol. The number of nitrogens with zero attached hydrogens (tertiary/aromatic N) is 2. The van der Waals surface area contributed by atoms with E-state index in [2.05, 4.69) is 4.99 Å². The van der Waals surface area contributed by atoms with E-state index in [-0.39, 0.29) is 11.3 Å². The average Bonchev–Trinajstić information content (AvgIpc) is 3.41. The molecule has 2 aromatic heterocycles. The van der Waals surface area contributed by atoms with Gasteiger partial charge < -0.3 is 4.42 Å². The van der Waals surface area contributed by atoms with Gasteiger partial charge in [0.15, 0.2) is 10.6 Å². The van der Waals surface area contributed by atoms with Crippen LogP contribution in [0.2, 0.25) is 15.1 Å². The Bertz CT molecular complexity index is 1690. The maximum atomic E-state index is 13.6. The lowest BCUT2D eigenvalue weighted by atomic mass is 9.98. The molecule has 5 rings (SSSR count). The number of aromatic nitrogens is 1. The molecular formula is C26H17Cl3N2O3S. The predicted octanol–water partition coefficient (Wildman–Crippen LogP) is 6.04. The number of fused-ring (bicyclic) bond motifs is 1. The topological polar surface area (TPSA) is 64.6 Å². The molecule has 0 aliphatic carbocycles. The van der Waals surface area contributed by atoms with Crippen LogP contribution in [0, 0.1) is 0 Å². The number of thiazole rings is 1. The third-order valence-electron chi connectivity index (χ3n) is 5.67. The molecule has 2 aromatic carbocycles. The molecule has 0 saturated heterocycles. The SMILES string of the molecule is CC(=O)C1=C(C)N=c2s/c(=C/c3ccc(Cl)cc3)c(=O)n2[C@H]1c1ccc(-c2ccc(Cl)c(Cl)c2)o1. The predicted molar refractivity (Wildman–Crippen MR) is 140 cm³/mol. The Labute approximate surface area is 219 Å². The second kappa shape index (κ2) is 9.28. The molecule has 0 bridgehead atoms. The van der Waals surface area contributed by atoms with Crippen LogP contribution in [-0.2, 0) is 4.79 Å². The van der Waals surface area contributed by atoms with Gasteiger partial charge in [-0.1, -0.05) is 58.3 Å².